The number of hydrogen-bond donors (Lipinski definition) is 2. The molecule has 6 heteroatoms. The number of guanidine groups is 1. The van der Waals surface area contributed by atoms with Crippen molar-refractivity contribution >= 4 is 41.7 Å². The lowest BCUT2D eigenvalue weighted by Crippen LogP contribution is -2.38. The number of hydrogen-bond acceptors (Lipinski definition) is 3. The maximum Gasteiger partial charge on any atom is 0.191 e. The highest BCUT2D eigenvalue weighted by Crippen LogP contribution is 2.00. The molecule has 1 rings (SSSR count). The predicted octanol–water partition coefficient (Wildman–Crippen LogP) is 2.32. The van der Waals surface area contributed by atoms with E-state index in [-0.39, 0.29) is 24.0 Å². The summed E-state index contributed by atoms with van der Waals surface area (Å²) in [6.07, 6.45) is 3.76. The highest BCUT2D eigenvalue weighted by Gasteiger charge is 1.97. The Balaban J connectivity index is 0.00000256. The van der Waals surface area contributed by atoms with Gasteiger partial charge in [0.25, 0.3) is 0 Å². The molecule has 0 saturated carbocycles. The van der Waals surface area contributed by atoms with Crippen LogP contribution in [0.2, 0.25) is 0 Å². The SMILES string of the molecule is CCNC(=NCc1ccco1)NCCSC.I. The lowest BCUT2D eigenvalue weighted by Gasteiger charge is -2.09. The summed E-state index contributed by atoms with van der Waals surface area (Å²) in [4.78, 5) is 4.42. The van der Waals surface area contributed by atoms with Gasteiger partial charge in [-0.25, -0.2) is 4.99 Å². The maximum atomic E-state index is 5.22. The lowest BCUT2D eigenvalue weighted by atomic mass is 10.4. The van der Waals surface area contributed by atoms with E-state index in [2.05, 4.69) is 28.8 Å². The first-order valence-electron chi connectivity index (χ1n) is 5.40. The number of nitrogens with one attached hydrogen (secondary N) is 2. The van der Waals surface area contributed by atoms with Crippen molar-refractivity contribution < 1.29 is 4.42 Å². The molecule has 17 heavy (non-hydrogen) atoms. The van der Waals surface area contributed by atoms with E-state index < -0.39 is 0 Å². The standard InChI is InChI=1S/C11H19N3OS.HI/c1-3-12-11(13-6-8-16-2)14-9-10-5-4-7-15-10;/h4-5,7H,3,6,8-9H2,1-2H3,(H2,12,13,14);1H. The van der Waals surface area contributed by atoms with Gasteiger partial charge in [0.15, 0.2) is 5.96 Å². The second-order valence-corrected chi connectivity index (χ2v) is 4.18. The maximum absolute atomic E-state index is 5.22. The van der Waals surface area contributed by atoms with Gasteiger partial charge in [0.2, 0.25) is 0 Å². The topological polar surface area (TPSA) is 49.6 Å². The number of halogens is 1. The molecule has 0 unspecified atom stereocenters. The van der Waals surface area contributed by atoms with E-state index in [4.69, 9.17) is 4.42 Å². The summed E-state index contributed by atoms with van der Waals surface area (Å²) in [5.74, 6) is 2.79. The van der Waals surface area contributed by atoms with Crippen LogP contribution in [0.1, 0.15) is 12.7 Å². The Morgan fingerprint density at radius 3 is 2.88 bits per heavy atom. The van der Waals surface area contributed by atoms with Crippen molar-refractivity contribution in [1.82, 2.24) is 10.6 Å². The van der Waals surface area contributed by atoms with Gasteiger partial charge in [-0.1, -0.05) is 0 Å². The first-order valence-corrected chi connectivity index (χ1v) is 6.79. The van der Waals surface area contributed by atoms with Gasteiger partial charge in [0.05, 0.1) is 6.26 Å². The van der Waals surface area contributed by atoms with E-state index in [1.54, 1.807) is 6.26 Å². The minimum absolute atomic E-state index is 0. The fraction of sp³-hybridized carbons (Fsp3) is 0.545. The highest BCUT2D eigenvalue weighted by atomic mass is 127. The van der Waals surface area contributed by atoms with Crippen molar-refractivity contribution in [3.63, 3.8) is 0 Å². The first-order chi connectivity index (χ1) is 7.86. The number of aliphatic imine (C=N–C) groups is 1. The van der Waals surface area contributed by atoms with Crippen molar-refractivity contribution in [2.24, 2.45) is 4.99 Å². The normalized spacial score (nSPS) is 10.8. The van der Waals surface area contributed by atoms with Crippen LogP contribution in [0, 0.1) is 0 Å². The fourth-order valence-corrected chi connectivity index (χ4v) is 1.48. The Hall–Kier alpha value is -0.370. The number of rotatable bonds is 6. The second-order valence-electron chi connectivity index (χ2n) is 3.19. The molecule has 0 aliphatic carbocycles. The van der Waals surface area contributed by atoms with Crippen LogP contribution in [0.25, 0.3) is 0 Å². The summed E-state index contributed by atoms with van der Waals surface area (Å²) >= 11 is 1.81. The van der Waals surface area contributed by atoms with Crippen molar-refractivity contribution in [1.29, 1.82) is 0 Å². The van der Waals surface area contributed by atoms with E-state index in [9.17, 15) is 0 Å². The zero-order valence-electron chi connectivity index (χ0n) is 10.2. The molecular formula is C11H20IN3OS. The summed E-state index contributed by atoms with van der Waals surface area (Å²) in [7, 11) is 0. The van der Waals surface area contributed by atoms with Gasteiger partial charge in [-0.05, 0) is 25.3 Å². The predicted molar refractivity (Wildman–Crippen MR) is 85.3 cm³/mol. The summed E-state index contributed by atoms with van der Waals surface area (Å²) in [6, 6.07) is 3.80. The monoisotopic (exact) mass is 369 g/mol. The number of thioether (sulfide) groups is 1. The molecule has 0 radical (unpaired) electrons. The third kappa shape index (κ3) is 7.54. The smallest absolute Gasteiger partial charge is 0.191 e. The number of nitrogens with zero attached hydrogens (tertiary/aromatic N) is 1. The van der Waals surface area contributed by atoms with E-state index in [1.165, 1.54) is 0 Å². The van der Waals surface area contributed by atoms with Crippen LogP contribution in [0.4, 0.5) is 0 Å². The van der Waals surface area contributed by atoms with Crippen molar-refractivity contribution in [2.45, 2.75) is 13.5 Å². The number of furan rings is 1. The molecule has 1 aromatic rings. The van der Waals surface area contributed by atoms with Gasteiger partial charge in [-0.3, -0.25) is 0 Å². The van der Waals surface area contributed by atoms with Crippen molar-refractivity contribution in [3.8, 4) is 0 Å². The van der Waals surface area contributed by atoms with Gasteiger partial charge in [-0.2, -0.15) is 11.8 Å². The molecule has 0 saturated heterocycles. The van der Waals surface area contributed by atoms with Crippen LogP contribution in [-0.4, -0.2) is 31.1 Å². The molecule has 0 aliphatic heterocycles. The largest absolute Gasteiger partial charge is 0.467 e. The molecule has 0 amide bonds. The van der Waals surface area contributed by atoms with Gasteiger partial charge >= 0.3 is 0 Å². The molecule has 0 aliphatic rings. The summed E-state index contributed by atoms with van der Waals surface area (Å²) < 4.78 is 5.22. The summed E-state index contributed by atoms with van der Waals surface area (Å²) in [5.41, 5.74) is 0. The third-order valence-electron chi connectivity index (χ3n) is 1.92. The zero-order chi connectivity index (χ0) is 11.6. The van der Waals surface area contributed by atoms with Crippen LogP contribution in [0.15, 0.2) is 27.8 Å². The van der Waals surface area contributed by atoms with E-state index in [1.807, 2.05) is 23.9 Å². The molecule has 0 spiro atoms. The van der Waals surface area contributed by atoms with Crippen LogP contribution in [0.3, 0.4) is 0 Å². The van der Waals surface area contributed by atoms with Crippen LogP contribution in [-0.2, 0) is 6.54 Å². The Morgan fingerprint density at radius 1 is 1.47 bits per heavy atom. The molecule has 0 atom stereocenters. The van der Waals surface area contributed by atoms with Crippen LogP contribution >= 0.6 is 35.7 Å². The molecule has 0 fully saturated rings. The Labute approximate surface area is 124 Å². The fourth-order valence-electron chi connectivity index (χ4n) is 1.17. The van der Waals surface area contributed by atoms with Crippen LogP contribution < -0.4 is 10.6 Å². The quantitative estimate of drug-likeness (QED) is 0.350. The third-order valence-corrected chi connectivity index (χ3v) is 2.53. The van der Waals surface area contributed by atoms with Gasteiger partial charge < -0.3 is 15.1 Å². The van der Waals surface area contributed by atoms with Crippen molar-refractivity contribution in [3.05, 3.63) is 24.2 Å². The molecule has 0 bridgehead atoms. The van der Waals surface area contributed by atoms with E-state index in [0.29, 0.717) is 6.54 Å². The molecule has 2 N–H and O–H groups in total. The molecule has 98 valence electrons. The minimum Gasteiger partial charge on any atom is -0.467 e. The molecular weight excluding hydrogens is 349 g/mol. The highest BCUT2D eigenvalue weighted by molar-refractivity contribution is 14.0. The second kappa shape index (κ2) is 10.8. The molecule has 4 nitrogen and oxygen atoms in total. The van der Waals surface area contributed by atoms with E-state index in [0.717, 1.165) is 30.6 Å². The van der Waals surface area contributed by atoms with Gasteiger partial charge in [0.1, 0.15) is 12.3 Å². The Morgan fingerprint density at radius 2 is 2.29 bits per heavy atom. The van der Waals surface area contributed by atoms with E-state index >= 15 is 0 Å². The molecule has 1 heterocycles. The minimum atomic E-state index is 0. The molecule has 1 aromatic heterocycles. The van der Waals surface area contributed by atoms with Crippen LogP contribution in [0.5, 0.6) is 0 Å². The van der Waals surface area contributed by atoms with Gasteiger partial charge in [-0.15, -0.1) is 24.0 Å². The lowest BCUT2D eigenvalue weighted by molar-refractivity contribution is 0.512. The van der Waals surface area contributed by atoms with Crippen molar-refractivity contribution in [2.75, 3.05) is 25.1 Å². The average molecular weight is 369 g/mol. The molecule has 0 aromatic carbocycles. The Kier molecular flexibility index (Phi) is 10.5. The summed E-state index contributed by atoms with van der Waals surface area (Å²) in [6.45, 7) is 4.41. The Bertz CT molecular complexity index is 304. The first kappa shape index (κ1) is 16.6. The van der Waals surface area contributed by atoms with Gasteiger partial charge in [0, 0.05) is 18.8 Å². The summed E-state index contributed by atoms with van der Waals surface area (Å²) in [5, 5.41) is 6.45. The average Bonchev–Trinajstić information content (AvgIpc) is 2.79. The zero-order valence-corrected chi connectivity index (χ0v) is 13.4.